The number of nitrogens with zero attached hydrogens (tertiary/aromatic N) is 2. The lowest BCUT2D eigenvalue weighted by atomic mass is 9.98. The predicted octanol–water partition coefficient (Wildman–Crippen LogP) is 2.71. The topological polar surface area (TPSA) is 36.4 Å². The Morgan fingerprint density at radius 1 is 1.50 bits per heavy atom. The Kier molecular flexibility index (Phi) is 4.05. The molecular formula is C11H14BrClN2O. The highest BCUT2D eigenvalue weighted by molar-refractivity contribution is 9.10. The van der Waals surface area contributed by atoms with E-state index >= 15 is 0 Å². The minimum atomic E-state index is 0.295. The number of anilines is 1. The maximum atomic E-state index is 9.08. The summed E-state index contributed by atoms with van der Waals surface area (Å²) in [6.45, 7) is 2.18. The highest BCUT2D eigenvalue weighted by Gasteiger charge is 2.20. The van der Waals surface area contributed by atoms with Crippen molar-refractivity contribution in [1.82, 2.24) is 4.98 Å². The van der Waals surface area contributed by atoms with Gasteiger partial charge in [-0.15, -0.1) is 0 Å². The van der Waals surface area contributed by atoms with Crippen molar-refractivity contribution < 1.29 is 5.11 Å². The first-order valence-corrected chi connectivity index (χ1v) is 6.54. The van der Waals surface area contributed by atoms with Crippen molar-refractivity contribution >= 4 is 33.3 Å². The Balaban J connectivity index is 2.08. The van der Waals surface area contributed by atoms with Crippen molar-refractivity contribution in [2.24, 2.45) is 5.92 Å². The molecule has 0 unspecified atom stereocenters. The van der Waals surface area contributed by atoms with E-state index in [2.05, 4.69) is 25.8 Å². The van der Waals surface area contributed by atoms with Gasteiger partial charge in [0.15, 0.2) is 0 Å². The molecule has 1 aromatic heterocycles. The minimum absolute atomic E-state index is 0.295. The zero-order valence-electron chi connectivity index (χ0n) is 8.87. The number of aliphatic hydroxyl groups is 1. The zero-order chi connectivity index (χ0) is 11.5. The third-order valence-electron chi connectivity index (χ3n) is 2.96. The standard InChI is InChI=1S/C11H14BrClN2O/c12-10-5-9(13)6-14-11(10)15-3-1-8(7-16)2-4-15/h5-6,8,16H,1-4,7H2. The van der Waals surface area contributed by atoms with Gasteiger partial charge in [-0.2, -0.15) is 0 Å². The van der Waals surface area contributed by atoms with Crippen LogP contribution in [0.1, 0.15) is 12.8 Å². The number of rotatable bonds is 2. The summed E-state index contributed by atoms with van der Waals surface area (Å²) in [5, 5.41) is 9.72. The van der Waals surface area contributed by atoms with Crippen molar-refractivity contribution in [2.45, 2.75) is 12.8 Å². The lowest BCUT2D eigenvalue weighted by Gasteiger charge is -2.32. The Labute approximate surface area is 109 Å². The first-order chi connectivity index (χ1) is 7.70. The second kappa shape index (κ2) is 5.34. The first-order valence-electron chi connectivity index (χ1n) is 5.37. The molecule has 0 saturated carbocycles. The second-order valence-electron chi connectivity index (χ2n) is 4.07. The van der Waals surface area contributed by atoms with Gasteiger partial charge in [0.05, 0.1) is 9.50 Å². The Bertz CT molecular complexity index is 367. The molecule has 1 aliphatic rings. The quantitative estimate of drug-likeness (QED) is 0.912. The third kappa shape index (κ3) is 2.67. The third-order valence-corrected chi connectivity index (χ3v) is 3.75. The van der Waals surface area contributed by atoms with Gasteiger partial charge in [0.2, 0.25) is 0 Å². The summed E-state index contributed by atoms with van der Waals surface area (Å²) in [6, 6.07) is 1.86. The molecule has 1 aliphatic heterocycles. The molecule has 2 rings (SSSR count). The normalized spacial score (nSPS) is 17.8. The number of halogens is 2. The fourth-order valence-corrected chi connectivity index (χ4v) is 2.86. The van der Waals surface area contributed by atoms with Gasteiger partial charge in [-0.05, 0) is 40.8 Å². The van der Waals surface area contributed by atoms with E-state index < -0.39 is 0 Å². The van der Waals surface area contributed by atoms with Crippen LogP contribution < -0.4 is 4.90 Å². The van der Waals surface area contributed by atoms with E-state index in [0.717, 1.165) is 36.2 Å². The van der Waals surface area contributed by atoms with Crippen LogP contribution in [0, 0.1) is 5.92 Å². The molecule has 0 bridgehead atoms. The van der Waals surface area contributed by atoms with E-state index in [9.17, 15) is 0 Å². The number of pyridine rings is 1. The molecule has 16 heavy (non-hydrogen) atoms. The second-order valence-corrected chi connectivity index (χ2v) is 5.36. The van der Waals surface area contributed by atoms with Crippen molar-refractivity contribution in [1.29, 1.82) is 0 Å². The van der Waals surface area contributed by atoms with Crippen LogP contribution in [0.2, 0.25) is 5.02 Å². The van der Waals surface area contributed by atoms with Crippen LogP contribution in [0.15, 0.2) is 16.7 Å². The minimum Gasteiger partial charge on any atom is -0.396 e. The van der Waals surface area contributed by atoms with Crippen LogP contribution in [-0.2, 0) is 0 Å². The summed E-state index contributed by atoms with van der Waals surface area (Å²) in [4.78, 5) is 6.57. The highest BCUT2D eigenvalue weighted by atomic mass is 79.9. The highest BCUT2D eigenvalue weighted by Crippen LogP contribution is 2.29. The molecule has 0 spiro atoms. The molecule has 0 atom stereocenters. The molecule has 1 N–H and O–H groups in total. The largest absolute Gasteiger partial charge is 0.396 e. The lowest BCUT2D eigenvalue weighted by Crippen LogP contribution is -2.35. The van der Waals surface area contributed by atoms with Crippen LogP contribution in [0.5, 0.6) is 0 Å². The van der Waals surface area contributed by atoms with Gasteiger partial charge < -0.3 is 10.0 Å². The maximum absolute atomic E-state index is 9.08. The van der Waals surface area contributed by atoms with Crippen LogP contribution in [0.3, 0.4) is 0 Å². The Morgan fingerprint density at radius 2 is 2.19 bits per heavy atom. The molecule has 2 heterocycles. The number of hydrogen-bond acceptors (Lipinski definition) is 3. The summed E-state index contributed by atoms with van der Waals surface area (Å²) in [7, 11) is 0. The average molecular weight is 306 g/mol. The fraction of sp³-hybridized carbons (Fsp3) is 0.545. The van der Waals surface area contributed by atoms with Gasteiger partial charge in [0.25, 0.3) is 0 Å². The lowest BCUT2D eigenvalue weighted by molar-refractivity contribution is 0.202. The van der Waals surface area contributed by atoms with Gasteiger partial charge in [0, 0.05) is 25.9 Å². The summed E-state index contributed by atoms with van der Waals surface area (Å²) in [5.74, 6) is 1.39. The molecule has 0 radical (unpaired) electrons. The fourth-order valence-electron chi connectivity index (χ4n) is 1.97. The molecular weight excluding hydrogens is 291 g/mol. The first kappa shape index (κ1) is 12.1. The molecule has 1 saturated heterocycles. The van der Waals surface area contributed by atoms with Gasteiger partial charge in [0.1, 0.15) is 5.82 Å². The summed E-state index contributed by atoms with van der Waals surface area (Å²) in [5.41, 5.74) is 0. The van der Waals surface area contributed by atoms with Crippen LogP contribution in [0.25, 0.3) is 0 Å². The van der Waals surface area contributed by atoms with Gasteiger partial charge in [-0.3, -0.25) is 0 Å². The SMILES string of the molecule is OCC1CCN(c2ncc(Cl)cc2Br)CC1. The van der Waals surface area contributed by atoms with E-state index in [1.54, 1.807) is 6.20 Å². The molecule has 0 aromatic carbocycles. The summed E-state index contributed by atoms with van der Waals surface area (Å²) < 4.78 is 0.933. The van der Waals surface area contributed by atoms with Crippen molar-refractivity contribution in [3.05, 3.63) is 21.8 Å². The monoisotopic (exact) mass is 304 g/mol. The number of aromatic nitrogens is 1. The van der Waals surface area contributed by atoms with Crippen LogP contribution >= 0.6 is 27.5 Å². The van der Waals surface area contributed by atoms with E-state index in [4.69, 9.17) is 16.7 Å². The van der Waals surface area contributed by atoms with E-state index in [0.29, 0.717) is 17.5 Å². The van der Waals surface area contributed by atoms with Gasteiger partial charge in [-0.25, -0.2) is 4.98 Å². The van der Waals surface area contributed by atoms with Crippen molar-refractivity contribution in [2.75, 3.05) is 24.6 Å². The summed E-state index contributed by atoms with van der Waals surface area (Å²) >= 11 is 9.33. The molecule has 5 heteroatoms. The van der Waals surface area contributed by atoms with E-state index in [-0.39, 0.29) is 0 Å². The van der Waals surface area contributed by atoms with E-state index in [1.165, 1.54) is 0 Å². The smallest absolute Gasteiger partial charge is 0.142 e. The van der Waals surface area contributed by atoms with E-state index in [1.807, 2.05) is 6.07 Å². The van der Waals surface area contributed by atoms with Gasteiger partial charge >= 0.3 is 0 Å². The average Bonchev–Trinajstić information content (AvgIpc) is 2.29. The zero-order valence-corrected chi connectivity index (χ0v) is 11.2. The van der Waals surface area contributed by atoms with Gasteiger partial charge in [-0.1, -0.05) is 11.6 Å². The Hall–Kier alpha value is -0.320. The molecule has 1 fully saturated rings. The number of piperidine rings is 1. The molecule has 0 amide bonds. The molecule has 0 aliphatic carbocycles. The van der Waals surface area contributed by atoms with Crippen LogP contribution in [-0.4, -0.2) is 29.8 Å². The number of aliphatic hydroxyl groups excluding tert-OH is 1. The van der Waals surface area contributed by atoms with Crippen molar-refractivity contribution in [3.63, 3.8) is 0 Å². The van der Waals surface area contributed by atoms with Crippen molar-refractivity contribution in [3.8, 4) is 0 Å². The molecule has 1 aromatic rings. The Morgan fingerprint density at radius 3 is 2.75 bits per heavy atom. The number of hydrogen-bond donors (Lipinski definition) is 1. The van der Waals surface area contributed by atoms with Crippen LogP contribution in [0.4, 0.5) is 5.82 Å². The molecule has 88 valence electrons. The summed E-state index contributed by atoms with van der Waals surface area (Å²) in [6.07, 6.45) is 3.71. The molecule has 3 nitrogen and oxygen atoms in total. The predicted molar refractivity (Wildman–Crippen MR) is 69.0 cm³/mol. The maximum Gasteiger partial charge on any atom is 0.142 e.